The maximum atomic E-state index is 12.5. The molecule has 0 saturated carbocycles. The predicted octanol–water partition coefficient (Wildman–Crippen LogP) is 5.42. The molecular formula is C27H25N3O3S. The molecule has 0 saturated heterocycles. The van der Waals surface area contributed by atoms with Gasteiger partial charge in [-0.2, -0.15) is 0 Å². The third kappa shape index (κ3) is 6.52. The van der Waals surface area contributed by atoms with Crippen LogP contribution in [0.4, 0.5) is 10.8 Å². The number of amides is 1. The second kappa shape index (κ2) is 11.2. The Morgan fingerprint density at radius 1 is 0.853 bits per heavy atom. The van der Waals surface area contributed by atoms with Crippen molar-refractivity contribution in [3.63, 3.8) is 0 Å². The second-order valence-electron chi connectivity index (χ2n) is 7.85. The van der Waals surface area contributed by atoms with Crippen LogP contribution in [-0.4, -0.2) is 22.0 Å². The summed E-state index contributed by atoms with van der Waals surface area (Å²) in [7, 11) is 0. The molecule has 0 aliphatic rings. The Balaban J connectivity index is 1.32. The summed E-state index contributed by atoms with van der Waals surface area (Å²) in [5.74, 6) is -1.24. The van der Waals surface area contributed by atoms with E-state index in [4.69, 9.17) is 5.11 Å². The molecule has 3 N–H and O–H groups in total. The van der Waals surface area contributed by atoms with Gasteiger partial charge in [-0.05, 0) is 53.8 Å². The highest BCUT2D eigenvalue weighted by Crippen LogP contribution is 2.19. The zero-order chi connectivity index (χ0) is 23.8. The largest absolute Gasteiger partial charge is 0.481 e. The quantitative estimate of drug-likeness (QED) is 0.287. The van der Waals surface area contributed by atoms with Gasteiger partial charge in [0, 0.05) is 23.2 Å². The Bertz CT molecular complexity index is 1250. The molecule has 1 heterocycles. The van der Waals surface area contributed by atoms with Crippen molar-refractivity contribution < 1.29 is 14.7 Å². The first-order chi connectivity index (χ1) is 16.6. The normalized spacial score (nSPS) is 10.6. The van der Waals surface area contributed by atoms with Crippen molar-refractivity contribution in [3.05, 3.63) is 112 Å². The monoisotopic (exact) mass is 471 g/mol. The van der Waals surface area contributed by atoms with Crippen molar-refractivity contribution in [1.29, 1.82) is 0 Å². The second-order valence-corrected chi connectivity index (χ2v) is 8.71. The van der Waals surface area contributed by atoms with Gasteiger partial charge in [-0.3, -0.25) is 14.9 Å². The van der Waals surface area contributed by atoms with E-state index in [9.17, 15) is 9.59 Å². The van der Waals surface area contributed by atoms with E-state index in [2.05, 4.69) is 64.1 Å². The van der Waals surface area contributed by atoms with E-state index in [1.807, 2.05) is 18.2 Å². The van der Waals surface area contributed by atoms with Gasteiger partial charge in [0.25, 0.3) is 5.91 Å². The highest BCUT2D eigenvalue weighted by atomic mass is 32.1. The van der Waals surface area contributed by atoms with Crippen molar-refractivity contribution in [1.82, 2.24) is 4.98 Å². The third-order valence-corrected chi connectivity index (χ3v) is 6.19. The van der Waals surface area contributed by atoms with Crippen molar-refractivity contribution in [2.75, 3.05) is 10.6 Å². The number of nitrogens with zero attached hydrogens (tertiary/aromatic N) is 1. The number of hydrogen-bond acceptors (Lipinski definition) is 5. The number of nitrogens with one attached hydrogen (secondary N) is 2. The molecule has 172 valence electrons. The zero-order valence-corrected chi connectivity index (χ0v) is 19.3. The first-order valence-corrected chi connectivity index (χ1v) is 11.9. The molecule has 6 nitrogen and oxygen atoms in total. The standard InChI is InChI=1S/C27H25N3O3S/c31-25(32)16-24-18-34-27(29-24)30-26(33)21-12-14-23(15-13-21)28-17-22-9-5-4-8-20(22)11-10-19-6-2-1-3-7-19/h1-9,12-15,18,28H,10-11,16-17H2,(H,31,32)(H,29,30,33). The van der Waals surface area contributed by atoms with E-state index < -0.39 is 5.97 Å². The van der Waals surface area contributed by atoms with Crippen LogP contribution >= 0.6 is 11.3 Å². The van der Waals surface area contributed by atoms with Gasteiger partial charge in [-0.1, -0.05) is 54.6 Å². The van der Waals surface area contributed by atoms with E-state index in [-0.39, 0.29) is 12.3 Å². The number of carboxylic acid groups (broad SMARTS) is 1. The van der Waals surface area contributed by atoms with Gasteiger partial charge in [-0.15, -0.1) is 11.3 Å². The molecule has 4 aromatic rings. The van der Waals surface area contributed by atoms with E-state index in [0.29, 0.717) is 22.9 Å². The average Bonchev–Trinajstić information content (AvgIpc) is 3.28. The van der Waals surface area contributed by atoms with E-state index in [1.165, 1.54) is 28.0 Å². The lowest BCUT2D eigenvalue weighted by molar-refractivity contribution is -0.136. The summed E-state index contributed by atoms with van der Waals surface area (Å²) in [6.07, 6.45) is 1.81. The Morgan fingerprint density at radius 3 is 2.29 bits per heavy atom. The average molecular weight is 472 g/mol. The molecule has 0 unspecified atom stereocenters. The molecule has 0 bridgehead atoms. The molecule has 3 aromatic carbocycles. The smallest absolute Gasteiger partial charge is 0.309 e. The number of aryl methyl sites for hydroxylation is 2. The van der Waals surface area contributed by atoms with Gasteiger partial charge in [0.05, 0.1) is 12.1 Å². The third-order valence-electron chi connectivity index (χ3n) is 5.38. The molecule has 0 radical (unpaired) electrons. The van der Waals surface area contributed by atoms with E-state index >= 15 is 0 Å². The van der Waals surface area contributed by atoms with Crippen LogP contribution in [0.15, 0.2) is 84.2 Å². The topological polar surface area (TPSA) is 91.3 Å². The highest BCUT2D eigenvalue weighted by Gasteiger charge is 2.11. The summed E-state index contributed by atoms with van der Waals surface area (Å²) in [5, 5.41) is 17.0. The number of benzene rings is 3. The number of thiazole rings is 1. The van der Waals surface area contributed by atoms with Crippen molar-refractivity contribution in [2.24, 2.45) is 0 Å². The van der Waals surface area contributed by atoms with E-state index in [1.54, 1.807) is 17.5 Å². The molecular weight excluding hydrogens is 446 g/mol. The number of carbonyl (C=O) groups excluding carboxylic acids is 1. The predicted molar refractivity (Wildman–Crippen MR) is 135 cm³/mol. The lowest BCUT2D eigenvalue weighted by Crippen LogP contribution is -2.12. The molecule has 1 aromatic heterocycles. The minimum Gasteiger partial charge on any atom is -0.481 e. The number of anilines is 2. The number of aliphatic carboxylic acids is 1. The summed E-state index contributed by atoms with van der Waals surface area (Å²) in [4.78, 5) is 27.4. The van der Waals surface area contributed by atoms with Gasteiger partial charge in [0.2, 0.25) is 0 Å². The van der Waals surface area contributed by atoms with Gasteiger partial charge in [0.15, 0.2) is 5.13 Å². The van der Waals surface area contributed by atoms with Gasteiger partial charge < -0.3 is 10.4 Å². The maximum absolute atomic E-state index is 12.5. The molecule has 34 heavy (non-hydrogen) atoms. The summed E-state index contributed by atoms with van der Waals surface area (Å²) in [5.41, 5.74) is 5.75. The number of aromatic nitrogens is 1. The number of carbonyl (C=O) groups is 2. The summed E-state index contributed by atoms with van der Waals surface area (Å²) >= 11 is 1.21. The van der Waals surface area contributed by atoms with Crippen LogP contribution < -0.4 is 10.6 Å². The Morgan fingerprint density at radius 2 is 1.56 bits per heavy atom. The number of rotatable bonds is 10. The van der Waals surface area contributed by atoms with Crippen LogP contribution in [-0.2, 0) is 30.6 Å². The fourth-order valence-electron chi connectivity index (χ4n) is 3.60. The number of carboxylic acids is 1. The van der Waals surface area contributed by atoms with Crippen molar-refractivity contribution in [3.8, 4) is 0 Å². The lowest BCUT2D eigenvalue weighted by atomic mass is 9.99. The summed E-state index contributed by atoms with van der Waals surface area (Å²) < 4.78 is 0. The minimum atomic E-state index is -0.954. The van der Waals surface area contributed by atoms with E-state index in [0.717, 1.165) is 18.5 Å². The zero-order valence-electron chi connectivity index (χ0n) is 18.5. The van der Waals surface area contributed by atoms with Crippen LogP contribution in [0.25, 0.3) is 0 Å². The molecule has 0 fully saturated rings. The molecule has 4 rings (SSSR count). The van der Waals surface area contributed by atoms with Gasteiger partial charge >= 0.3 is 5.97 Å². The van der Waals surface area contributed by atoms with Crippen molar-refractivity contribution in [2.45, 2.75) is 25.8 Å². The minimum absolute atomic E-state index is 0.165. The fraction of sp³-hybridized carbons (Fsp3) is 0.148. The molecule has 0 aliphatic carbocycles. The SMILES string of the molecule is O=C(O)Cc1csc(NC(=O)c2ccc(NCc3ccccc3CCc3ccccc3)cc2)n1. The lowest BCUT2D eigenvalue weighted by Gasteiger charge is -2.12. The maximum Gasteiger partial charge on any atom is 0.309 e. The molecule has 1 amide bonds. The first kappa shape index (κ1) is 23.2. The van der Waals surface area contributed by atoms with Crippen LogP contribution in [0, 0.1) is 0 Å². The van der Waals surface area contributed by atoms with Crippen LogP contribution in [0.5, 0.6) is 0 Å². The van der Waals surface area contributed by atoms with Crippen LogP contribution in [0.2, 0.25) is 0 Å². The summed E-state index contributed by atoms with van der Waals surface area (Å²) in [6.45, 7) is 0.696. The highest BCUT2D eigenvalue weighted by molar-refractivity contribution is 7.14. The fourth-order valence-corrected chi connectivity index (χ4v) is 4.31. The number of hydrogen-bond donors (Lipinski definition) is 3. The Kier molecular flexibility index (Phi) is 7.67. The van der Waals surface area contributed by atoms with Crippen LogP contribution in [0.1, 0.15) is 32.7 Å². The first-order valence-electron chi connectivity index (χ1n) is 11.0. The van der Waals surface area contributed by atoms with Crippen molar-refractivity contribution >= 4 is 34.0 Å². The van der Waals surface area contributed by atoms with Gasteiger partial charge in [0.1, 0.15) is 0 Å². The Labute approximate surface area is 202 Å². The molecule has 7 heteroatoms. The Hall–Kier alpha value is -3.97. The van der Waals surface area contributed by atoms with Gasteiger partial charge in [-0.25, -0.2) is 4.98 Å². The molecule has 0 spiro atoms. The summed E-state index contributed by atoms with van der Waals surface area (Å²) in [6, 6.07) is 26.2. The molecule has 0 atom stereocenters. The van der Waals surface area contributed by atoms with Crippen LogP contribution in [0.3, 0.4) is 0 Å². The molecule has 0 aliphatic heterocycles.